The fourth-order valence-corrected chi connectivity index (χ4v) is 2.65. The van der Waals surface area contributed by atoms with Crippen molar-refractivity contribution in [3.05, 3.63) is 63.4 Å². The second kappa shape index (κ2) is 5.98. The number of rotatable bonds is 4. The Morgan fingerprint density at radius 3 is 2.52 bits per heavy atom. The van der Waals surface area contributed by atoms with E-state index in [9.17, 15) is 10.1 Å². The van der Waals surface area contributed by atoms with E-state index in [1.165, 1.54) is 12.1 Å². The zero-order chi connectivity index (χ0) is 16.6. The standard InChI is InChI=1S/C16H15ClN4O2/c1-19(2)10-14-16(11-3-6-13(7-4-11)21(22)23)18-15-8-5-12(17)9-20(14)15/h3-9H,10H2,1-2H3. The number of nitro groups is 1. The molecule has 2 aromatic heterocycles. The van der Waals surface area contributed by atoms with Crippen LogP contribution in [0.3, 0.4) is 0 Å². The highest BCUT2D eigenvalue weighted by Crippen LogP contribution is 2.28. The van der Waals surface area contributed by atoms with Gasteiger partial charge in [-0.1, -0.05) is 11.6 Å². The van der Waals surface area contributed by atoms with E-state index in [1.807, 2.05) is 35.7 Å². The molecule has 0 fully saturated rings. The molecule has 0 atom stereocenters. The van der Waals surface area contributed by atoms with E-state index < -0.39 is 4.92 Å². The smallest absolute Gasteiger partial charge is 0.269 e. The molecule has 0 saturated carbocycles. The van der Waals surface area contributed by atoms with Crippen molar-refractivity contribution in [3.8, 4) is 11.3 Å². The highest BCUT2D eigenvalue weighted by atomic mass is 35.5. The van der Waals surface area contributed by atoms with Crippen LogP contribution in [-0.4, -0.2) is 33.3 Å². The molecule has 0 amide bonds. The lowest BCUT2D eigenvalue weighted by Gasteiger charge is -2.11. The fourth-order valence-electron chi connectivity index (χ4n) is 2.49. The summed E-state index contributed by atoms with van der Waals surface area (Å²) in [5.41, 5.74) is 3.49. The molecule has 0 bridgehead atoms. The quantitative estimate of drug-likeness (QED) is 0.541. The molecule has 23 heavy (non-hydrogen) atoms. The summed E-state index contributed by atoms with van der Waals surface area (Å²) in [7, 11) is 3.95. The third-order valence-electron chi connectivity index (χ3n) is 3.50. The lowest BCUT2D eigenvalue weighted by Crippen LogP contribution is -2.13. The summed E-state index contributed by atoms with van der Waals surface area (Å²) >= 11 is 6.10. The molecule has 0 aliphatic rings. The van der Waals surface area contributed by atoms with Crippen molar-refractivity contribution in [2.24, 2.45) is 0 Å². The Morgan fingerprint density at radius 2 is 1.91 bits per heavy atom. The Labute approximate surface area is 138 Å². The Hall–Kier alpha value is -2.44. The van der Waals surface area contributed by atoms with Crippen LogP contribution >= 0.6 is 11.6 Å². The number of nitrogens with zero attached hydrogens (tertiary/aromatic N) is 4. The minimum Gasteiger partial charge on any atom is -0.304 e. The molecule has 0 spiro atoms. The van der Waals surface area contributed by atoms with Crippen molar-refractivity contribution in [2.75, 3.05) is 14.1 Å². The van der Waals surface area contributed by atoms with E-state index in [-0.39, 0.29) is 5.69 Å². The molecule has 0 aliphatic heterocycles. The summed E-state index contributed by atoms with van der Waals surface area (Å²) in [6.45, 7) is 0.674. The van der Waals surface area contributed by atoms with Crippen molar-refractivity contribution >= 4 is 22.9 Å². The number of hydrogen-bond donors (Lipinski definition) is 0. The van der Waals surface area contributed by atoms with Crippen LogP contribution in [0.15, 0.2) is 42.6 Å². The Bertz CT molecular complexity index is 872. The largest absolute Gasteiger partial charge is 0.304 e. The van der Waals surface area contributed by atoms with Crippen molar-refractivity contribution in [3.63, 3.8) is 0 Å². The molecule has 0 saturated heterocycles. The van der Waals surface area contributed by atoms with Crippen LogP contribution in [0.1, 0.15) is 5.69 Å². The van der Waals surface area contributed by atoms with Gasteiger partial charge in [-0.05, 0) is 38.4 Å². The van der Waals surface area contributed by atoms with Gasteiger partial charge in [-0.25, -0.2) is 4.98 Å². The fraction of sp³-hybridized carbons (Fsp3) is 0.188. The highest BCUT2D eigenvalue weighted by Gasteiger charge is 2.16. The number of imidazole rings is 1. The number of halogens is 1. The van der Waals surface area contributed by atoms with Gasteiger partial charge >= 0.3 is 0 Å². The molecule has 0 aliphatic carbocycles. The molecule has 6 nitrogen and oxygen atoms in total. The van der Waals surface area contributed by atoms with Gasteiger partial charge in [0.05, 0.1) is 21.3 Å². The molecular formula is C16H15ClN4O2. The van der Waals surface area contributed by atoms with E-state index in [0.717, 1.165) is 22.6 Å². The molecule has 3 aromatic rings. The zero-order valence-electron chi connectivity index (χ0n) is 12.7. The van der Waals surface area contributed by atoms with E-state index >= 15 is 0 Å². The average Bonchev–Trinajstić information content (AvgIpc) is 2.85. The summed E-state index contributed by atoms with van der Waals surface area (Å²) in [6, 6.07) is 10.1. The van der Waals surface area contributed by atoms with Crippen LogP contribution in [-0.2, 0) is 6.54 Å². The van der Waals surface area contributed by atoms with E-state index in [0.29, 0.717) is 11.6 Å². The molecule has 1 aromatic carbocycles. The van der Waals surface area contributed by atoms with Crippen LogP contribution in [0.5, 0.6) is 0 Å². The van der Waals surface area contributed by atoms with Gasteiger partial charge in [0.25, 0.3) is 5.69 Å². The maximum absolute atomic E-state index is 10.8. The third kappa shape index (κ3) is 3.04. The van der Waals surface area contributed by atoms with Crippen LogP contribution < -0.4 is 0 Å². The van der Waals surface area contributed by atoms with Crippen molar-refractivity contribution in [1.82, 2.24) is 14.3 Å². The lowest BCUT2D eigenvalue weighted by atomic mass is 10.1. The SMILES string of the molecule is CN(C)Cc1c(-c2ccc([N+](=O)[O-])cc2)nc2ccc(Cl)cn12. The van der Waals surface area contributed by atoms with Crippen LogP contribution in [0.2, 0.25) is 5.02 Å². The number of fused-ring (bicyclic) bond motifs is 1. The molecule has 2 heterocycles. The molecular weight excluding hydrogens is 316 g/mol. The van der Waals surface area contributed by atoms with Crippen LogP contribution in [0.4, 0.5) is 5.69 Å². The van der Waals surface area contributed by atoms with Gasteiger partial charge in [0.1, 0.15) is 5.65 Å². The highest BCUT2D eigenvalue weighted by molar-refractivity contribution is 6.30. The van der Waals surface area contributed by atoms with Gasteiger partial charge in [-0.15, -0.1) is 0 Å². The first kappa shape index (κ1) is 15.5. The minimum atomic E-state index is -0.409. The van der Waals surface area contributed by atoms with Crippen LogP contribution in [0, 0.1) is 10.1 Å². The van der Waals surface area contributed by atoms with Crippen molar-refractivity contribution in [2.45, 2.75) is 6.54 Å². The van der Waals surface area contributed by atoms with E-state index in [2.05, 4.69) is 4.98 Å². The van der Waals surface area contributed by atoms with Crippen molar-refractivity contribution in [1.29, 1.82) is 0 Å². The minimum absolute atomic E-state index is 0.0646. The summed E-state index contributed by atoms with van der Waals surface area (Å²) in [6.07, 6.45) is 1.83. The third-order valence-corrected chi connectivity index (χ3v) is 3.72. The predicted octanol–water partition coefficient (Wildman–Crippen LogP) is 3.62. The average molecular weight is 331 g/mol. The van der Waals surface area contributed by atoms with Gasteiger partial charge in [0, 0.05) is 30.4 Å². The second-order valence-electron chi connectivity index (χ2n) is 5.52. The normalized spacial score (nSPS) is 11.3. The first-order valence-electron chi connectivity index (χ1n) is 7.02. The van der Waals surface area contributed by atoms with Gasteiger partial charge in [-0.3, -0.25) is 10.1 Å². The summed E-state index contributed by atoms with van der Waals surface area (Å²) in [4.78, 5) is 17.1. The zero-order valence-corrected chi connectivity index (χ0v) is 13.5. The van der Waals surface area contributed by atoms with Gasteiger partial charge in [0.2, 0.25) is 0 Å². The first-order chi connectivity index (χ1) is 11.0. The number of non-ortho nitro benzene ring substituents is 1. The summed E-state index contributed by atoms with van der Waals surface area (Å²) < 4.78 is 1.96. The molecule has 3 rings (SSSR count). The Kier molecular flexibility index (Phi) is 4.02. The Morgan fingerprint density at radius 1 is 1.22 bits per heavy atom. The maximum atomic E-state index is 10.8. The number of nitro benzene ring substituents is 1. The number of aromatic nitrogens is 2. The summed E-state index contributed by atoms with van der Waals surface area (Å²) in [5, 5.41) is 11.4. The number of pyridine rings is 1. The monoisotopic (exact) mass is 330 g/mol. The molecule has 118 valence electrons. The number of benzene rings is 1. The van der Waals surface area contributed by atoms with Crippen LogP contribution in [0.25, 0.3) is 16.9 Å². The summed E-state index contributed by atoms with van der Waals surface area (Å²) in [5.74, 6) is 0. The molecule has 0 radical (unpaired) electrons. The predicted molar refractivity (Wildman–Crippen MR) is 89.7 cm³/mol. The molecule has 0 unspecified atom stereocenters. The Balaban J connectivity index is 2.17. The van der Waals surface area contributed by atoms with E-state index in [4.69, 9.17) is 11.6 Å². The van der Waals surface area contributed by atoms with Gasteiger partial charge < -0.3 is 9.30 Å². The number of hydrogen-bond acceptors (Lipinski definition) is 4. The lowest BCUT2D eigenvalue weighted by molar-refractivity contribution is -0.384. The molecule has 7 heteroatoms. The first-order valence-corrected chi connectivity index (χ1v) is 7.39. The van der Waals surface area contributed by atoms with E-state index in [1.54, 1.807) is 18.2 Å². The second-order valence-corrected chi connectivity index (χ2v) is 5.96. The topological polar surface area (TPSA) is 63.7 Å². The van der Waals surface area contributed by atoms with Gasteiger partial charge in [0.15, 0.2) is 0 Å². The van der Waals surface area contributed by atoms with Crippen molar-refractivity contribution < 1.29 is 4.92 Å². The van der Waals surface area contributed by atoms with Gasteiger partial charge in [-0.2, -0.15) is 0 Å². The maximum Gasteiger partial charge on any atom is 0.269 e. The molecule has 0 N–H and O–H groups in total.